The maximum absolute atomic E-state index is 13.1. The number of para-hydroxylation sites is 2. The van der Waals surface area contributed by atoms with Crippen LogP contribution >= 0.6 is 0 Å². The van der Waals surface area contributed by atoms with Gasteiger partial charge in [0.05, 0.1) is 7.11 Å². The van der Waals surface area contributed by atoms with Crippen molar-refractivity contribution in [3.63, 3.8) is 0 Å². The number of rotatable bonds is 7. The van der Waals surface area contributed by atoms with Gasteiger partial charge < -0.3 is 14.2 Å². The topological polar surface area (TPSA) is 44.8 Å². The largest absolute Gasteiger partial charge is 0.490 e. The van der Waals surface area contributed by atoms with Crippen molar-refractivity contribution in [2.45, 2.75) is 0 Å². The summed E-state index contributed by atoms with van der Waals surface area (Å²) in [6, 6.07) is 31.1. The average Bonchev–Trinajstić information content (AvgIpc) is 2.80. The van der Waals surface area contributed by atoms with Gasteiger partial charge in [-0.05, 0) is 36.4 Å². The first-order valence-electron chi connectivity index (χ1n) is 9.52. The summed E-state index contributed by atoms with van der Waals surface area (Å²) in [6.07, 6.45) is 0. The van der Waals surface area contributed by atoms with Crippen LogP contribution in [-0.4, -0.2) is 12.9 Å². The summed E-state index contributed by atoms with van der Waals surface area (Å²) < 4.78 is 17.7. The zero-order valence-electron chi connectivity index (χ0n) is 16.4. The Bertz CT molecular complexity index is 1060. The summed E-state index contributed by atoms with van der Waals surface area (Å²) in [5, 5.41) is 0. The number of carbonyl (C=O) groups excluding carboxylic acids is 1. The number of hydrogen-bond acceptors (Lipinski definition) is 4. The van der Waals surface area contributed by atoms with E-state index in [0.717, 1.165) is 0 Å². The molecule has 0 N–H and O–H groups in total. The predicted octanol–water partition coefficient (Wildman–Crippen LogP) is 6.51. The first kappa shape index (κ1) is 19.3. The maximum atomic E-state index is 13.1. The molecule has 0 aliphatic rings. The highest BCUT2D eigenvalue weighted by Gasteiger charge is 2.20. The van der Waals surface area contributed by atoms with Crippen LogP contribution in [0.15, 0.2) is 103 Å². The molecule has 0 aliphatic heterocycles. The van der Waals surface area contributed by atoms with Crippen molar-refractivity contribution in [2.24, 2.45) is 0 Å². The Morgan fingerprint density at radius 3 is 1.47 bits per heavy atom. The van der Waals surface area contributed by atoms with E-state index in [0.29, 0.717) is 39.9 Å². The van der Waals surface area contributed by atoms with Crippen molar-refractivity contribution in [1.29, 1.82) is 0 Å². The van der Waals surface area contributed by atoms with Crippen LogP contribution in [0.3, 0.4) is 0 Å². The molecule has 4 heteroatoms. The fraction of sp³-hybridized carbons (Fsp3) is 0.0385. The van der Waals surface area contributed by atoms with Crippen molar-refractivity contribution in [1.82, 2.24) is 0 Å². The summed E-state index contributed by atoms with van der Waals surface area (Å²) in [5.74, 6) is 2.34. The van der Waals surface area contributed by atoms with E-state index < -0.39 is 0 Å². The SMILES string of the molecule is COc1c(Oc2ccccc2)cc(C(=O)c2ccccc2)cc1Oc1ccccc1. The minimum absolute atomic E-state index is 0.130. The van der Waals surface area contributed by atoms with Crippen molar-refractivity contribution in [3.8, 4) is 28.7 Å². The third kappa shape index (κ3) is 4.33. The van der Waals surface area contributed by atoms with Gasteiger partial charge in [0, 0.05) is 11.1 Å². The Morgan fingerprint density at radius 2 is 1.03 bits per heavy atom. The molecular formula is C26H20O4. The lowest BCUT2D eigenvalue weighted by Crippen LogP contribution is -2.03. The minimum Gasteiger partial charge on any atom is -0.490 e. The molecule has 0 aliphatic carbocycles. The Kier molecular flexibility index (Phi) is 5.76. The number of ether oxygens (including phenoxy) is 3. The molecule has 0 amide bonds. The zero-order valence-corrected chi connectivity index (χ0v) is 16.4. The molecule has 0 atom stereocenters. The van der Waals surface area contributed by atoms with Gasteiger partial charge in [0.2, 0.25) is 5.75 Å². The van der Waals surface area contributed by atoms with Gasteiger partial charge in [-0.15, -0.1) is 0 Å². The molecule has 0 heterocycles. The molecule has 4 aromatic rings. The zero-order chi connectivity index (χ0) is 20.8. The molecule has 0 saturated carbocycles. The highest BCUT2D eigenvalue weighted by atomic mass is 16.5. The van der Waals surface area contributed by atoms with Gasteiger partial charge in [0.15, 0.2) is 17.3 Å². The average molecular weight is 396 g/mol. The van der Waals surface area contributed by atoms with E-state index in [1.54, 1.807) is 31.4 Å². The van der Waals surface area contributed by atoms with Gasteiger partial charge in [0.1, 0.15) is 11.5 Å². The molecule has 0 radical (unpaired) electrons. The molecule has 0 bridgehead atoms. The van der Waals surface area contributed by atoms with E-state index in [1.807, 2.05) is 78.9 Å². The van der Waals surface area contributed by atoms with Crippen LogP contribution in [0.4, 0.5) is 0 Å². The molecular weight excluding hydrogens is 376 g/mol. The van der Waals surface area contributed by atoms with Crippen LogP contribution < -0.4 is 14.2 Å². The number of hydrogen-bond donors (Lipinski definition) is 0. The first-order chi connectivity index (χ1) is 14.7. The van der Waals surface area contributed by atoms with E-state index in [-0.39, 0.29) is 5.78 Å². The van der Waals surface area contributed by atoms with Gasteiger partial charge in [-0.1, -0.05) is 66.7 Å². The van der Waals surface area contributed by atoms with E-state index in [2.05, 4.69) is 0 Å². The van der Waals surface area contributed by atoms with Gasteiger partial charge in [0.25, 0.3) is 0 Å². The van der Waals surface area contributed by atoms with Crippen molar-refractivity contribution in [2.75, 3.05) is 7.11 Å². The highest BCUT2D eigenvalue weighted by Crippen LogP contribution is 2.43. The normalized spacial score (nSPS) is 10.3. The predicted molar refractivity (Wildman–Crippen MR) is 116 cm³/mol. The van der Waals surface area contributed by atoms with E-state index in [1.165, 1.54) is 0 Å². The monoisotopic (exact) mass is 396 g/mol. The molecule has 30 heavy (non-hydrogen) atoms. The molecule has 0 spiro atoms. The number of carbonyl (C=O) groups is 1. The molecule has 0 aromatic heterocycles. The summed E-state index contributed by atoms with van der Waals surface area (Å²) in [7, 11) is 1.55. The van der Waals surface area contributed by atoms with Crippen LogP contribution in [0.25, 0.3) is 0 Å². The second-order valence-electron chi connectivity index (χ2n) is 6.53. The first-order valence-corrected chi connectivity index (χ1v) is 9.52. The van der Waals surface area contributed by atoms with Crippen molar-refractivity contribution >= 4 is 5.78 Å². The fourth-order valence-corrected chi connectivity index (χ4v) is 3.05. The van der Waals surface area contributed by atoms with Gasteiger partial charge in [-0.25, -0.2) is 0 Å². The van der Waals surface area contributed by atoms with Gasteiger partial charge >= 0.3 is 0 Å². The summed E-state index contributed by atoms with van der Waals surface area (Å²) in [4.78, 5) is 13.1. The summed E-state index contributed by atoms with van der Waals surface area (Å²) in [6.45, 7) is 0. The van der Waals surface area contributed by atoms with Crippen molar-refractivity contribution < 1.29 is 19.0 Å². The van der Waals surface area contributed by atoms with Crippen molar-refractivity contribution in [3.05, 3.63) is 114 Å². The number of methoxy groups -OCH3 is 1. The Morgan fingerprint density at radius 1 is 0.600 bits per heavy atom. The quantitative estimate of drug-likeness (QED) is 0.334. The highest BCUT2D eigenvalue weighted by molar-refractivity contribution is 6.09. The third-order valence-corrected chi connectivity index (χ3v) is 4.47. The maximum Gasteiger partial charge on any atom is 0.204 e. The van der Waals surface area contributed by atoms with Crippen LogP contribution in [0.2, 0.25) is 0 Å². The van der Waals surface area contributed by atoms with Crippen LogP contribution in [-0.2, 0) is 0 Å². The Labute approximate surface area is 175 Å². The number of ketones is 1. The molecule has 0 unspecified atom stereocenters. The molecule has 148 valence electrons. The summed E-state index contributed by atoms with van der Waals surface area (Å²) >= 11 is 0. The van der Waals surface area contributed by atoms with E-state index in [4.69, 9.17) is 14.2 Å². The third-order valence-electron chi connectivity index (χ3n) is 4.47. The number of benzene rings is 4. The van der Waals surface area contributed by atoms with Gasteiger partial charge in [-0.3, -0.25) is 4.79 Å². The van der Waals surface area contributed by atoms with Gasteiger partial charge in [-0.2, -0.15) is 0 Å². The molecule has 0 saturated heterocycles. The molecule has 4 nitrogen and oxygen atoms in total. The van der Waals surface area contributed by atoms with Crippen LogP contribution in [0.1, 0.15) is 15.9 Å². The summed E-state index contributed by atoms with van der Waals surface area (Å²) in [5.41, 5.74) is 1.03. The second-order valence-corrected chi connectivity index (χ2v) is 6.53. The lowest BCUT2D eigenvalue weighted by atomic mass is 10.0. The lowest BCUT2D eigenvalue weighted by Gasteiger charge is -2.17. The Balaban J connectivity index is 1.80. The minimum atomic E-state index is -0.130. The van der Waals surface area contributed by atoms with E-state index >= 15 is 0 Å². The lowest BCUT2D eigenvalue weighted by molar-refractivity contribution is 0.103. The molecule has 4 rings (SSSR count). The Hall–Kier alpha value is -4.05. The molecule has 4 aromatic carbocycles. The van der Waals surface area contributed by atoms with E-state index in [9.17, 15) is 4.79 Å². The standard InChI is InChI=1S/C26H20O4/c1-28-26-23(29-21-13-7-3-8-14-21)17-20(25(27)19-11-5-2-6-12-19)18-24(26)30-22-15-9-4-10-16-22/h2-18H,1H3. The smallest absolute Gasteiger partial charge is 0.204 e. The fourth-order valence-electron chi connectivity index (χ4n) is 3.05. The molecule has 0 fully saturated rings. The van der Waals surface area contributed by atoms with Crippen LogP contribution in [0.5, 0.6) is 28.7 Å². The van der Waals surface area contributed by atoms with Crippen LogP contribution in [0, 0.1) is 0 Å². The second kappa shape index (κ2) is 8.97.